The van der Waals surface area contributed by atoms with E-state index >= 15 is 0 Å². The minimum atomic E-state index is -3.88. The van der Waals surface area contributed by atoms with E-state index in [2.05, 4.69) is 0 Å². The number of Topliss-reactive ketones (excluding diaryl/α,β-unsaturated/α-hetero) is 1. The van der Waals surface area contributed by atoms with E-state index in [1.807, 2.05) is 13.8 Å². The number of carbonyl (C=O) groups excluding carboxylic acids is 1. The lowest BCUT2D eigenvalue weighted by molar-refractivity contribution is -0.121. The van der Waals surface area contributed by atoms with Crippen LogP contribution in [-0.2, 0) is 19.1 Å². The molecule has 118 valence electrons. The van der Waals surface area contributed by atoms with Crippen LogP contribution in [0.25, 0.3) is 0 Å². The molecule has 1 aromatic rings. The molecule has 0 N–H and O–H groups in total. The SMILES string of the molecule is CCCCCC(=O)COS(=O)(=O)c1c(C)cc(C)cc1C. The third kappa shape index (κ3) is 5.25. The summed E-state index contributed by atoms with van der Waals surface area (Å²) in [4.78, 5) is 11.8. The third-order valence-corrected chi connectivity index (χ3v) is 4.86. The summed E-state index contributed by atoms with van der Waals surface area (Å²) in [6.45, 7) is 7.06. The zero-order chi connectivity index (χ0) is 16.0. The lowest BCUT2D eigenvalue weighted by atomic mass is 10.1. The Morgan fingerprint density at radius 1 is 1.10 bits per heavy atom. The predicted molar refractivity (Wildman–Crippen MR) is 82.9 cm³/mol. The minimum absolute atomic E-state index is 0.172. The monoisotopic (exact) mass is 312 g/mol. The van der Waals surface area contributed by atoms with Gasteiger partial charge in [-0.1, -0.05) is 37.5 Å². The molecule has 0 aliphatic heterocycles. The maximum Gasteiger partial charge on any atom is 0.297 e. The van der Waals surface area contributed by atoms with Gasteiger partial charge in [0, 0.05) is 6.42 Å². The number of aryl methyl sites for hydroxylation is 3. The van der Waals surface area contributed by atoms with Gasteiger partial charge in [0.2, 0.25) is 0 Å². The second-order valence-electron chi connectivity index (χ2n) is 5.44. The van der Waals surface area contributed by atoms with E-state index in [0.29, 0.717) is 17.5 Å². The molecular weight excluding hydrogens is 288 g/mol. The second-order valence-corrected chi connectivity index (χ2v) is 6.99. The Balaban J connectivity index is 2.77. The van der Waals surface area contributed by atoms with Crippen molar-refractivity contribution in [3.05, 3.63) is 28.8 Å². The first-order valence-corrected chi connectivity index (χ1v) is 8.67. The molecule has 5 heteroatoms. The Labute approximate surface area is 127 Å². The van der Waals surface area contributed by atoms with E-state index in [1.54, 1.807) is 26.0 Å². The van der Waals surface area contributed by atoms with Crippen LogP contribution >= 0.6 is 0 Å². The quantitative estimate of drug-likeness (QED) is 0.545. The molecular formula is C16H24O4S. The molecule has 0 bridgehead atoms. The van der Waals surface area contributed by atoms with Crippen LogP contribution in [0.15, 0.2) is 17.0 Å². The average Bonchev–Trinajstić information content (AvgIpc) is 2.35. The standard InChI is InChI=1S/C16H24O4S/c1-5-6-7-8-15(17)11-20-21(18,19)16-13(3)9-12(2)10-14(16)4/h9-10H,5-8,11H2,1-4H3. The fourth-order valence-corrected chi connectivity index (χ4v) is 3.72. The number of unbranched alkanes of at least 4 members (excludes halogenated alkanes) is 2. The molecule has 0 saturated carbocycles. The number of benzene rings is 1. The van der Waals surface area contributed by atoms with Gasteiger partial charge in [0.05, 0.1) is 4.90 Å². The van der Waals surface area contributed by atoms with Gasteiger partial charge in [-0.3, -0.25) is 8.98 Å². The zero-order valence-corrected chi connectivity index (χ0v) is 14.0. The van der Waals surface area contributed by atoms with Gasteiger partial charge in [0.1, 0.15) is 6.61 Å². The number of hydrogen-bond donors (Lipinski definition) is 0. The first-order chi connectivity index (χ1) is 9.77. The molecule has 1 aromatic carbocycles. The van der Waals surface area contributed by atoms with Crippen molar-refractivity contribution in [2.24, 2.45) is 0 Å². The fourth-order valence-electron chi connectivity index (χ4n) is 2.41. The van der Waals surface area contributed by atoms with Gasteiger partial charge < -0.3 is 0 Å². The summed E-state index contributed by atoms with van der Waals surface area (Å²) in [7, 11) is -3.88. The van der Waals surface area contributed by atoms with Crippen LogP contribution in [0.3, 0.4) is 0 Å². The van der Waals surface area contributed by atoms with Gasteiger partial charge in [0.15, 0.2) is 5.78 Å². The minimum Gasteiger partial charge on any atom is -0.297 e. The topological polar surface area (TPSA) is 60.4 Å². The molecule has 0 saturated heterocycles. The lowest BCUT2D eigenvalue weighted by Crippen LogP contribution is -2.16. The van der Waals surface area contributed by atoms with Crippen molar-refractivity contribution < 1.29 is 17.4 Å². The molecule has 0 unspecified atom stereocenters. The predicted octanol–water partition coefficient (Wildman–Crippen LogP) is 3.47. The summed E-state index contributed by atoms with van der Waals surface area (Å²) < 4.78 is 29.4. The summed E-state index contributed by atoms with van der Waals surface area (Å²) in [5.74, 6) is -0.172. The van der Waals surface area contributed by atoms with E-state index in [0.717, 1.165) is 24.8 Å². The Hall–Kier alpha value is -1.20. The number of rotatable bonds is 8. The third-order valence-electron chi connectivity index (χ3n) is 3.29. The lowest BCUT2D eigenvalue weighted by Gasteiger charge is -2.12. The first-order valence-electron chi connectivity index (χ1n) is 7.27. The van der Waals surface area contributed by atoms with Crippen LogP contribution < -0.4 is 0 Å². The summed E-state index contributed by atoms with van der Waals surface area (Å²) >= 11 is 0. The maximum absolute atomic E-state index is 12.2. The van der Waals surface area contributed by atoms with Crippen LogP contribution in [-0.4, -0.2) is 20.8 Å². The van der Waals surface area contributed by atoms with E-state index in [1.165, 1.54) is 0 Å². The molecule has 1 rings (SSSR count). The molecule has 21 heavy (non-hydrogen) atoms. The van der Waals surface area contributed by atoms with Crippen molar-refractivity contribution in [3.8, 4) is 0 Å². The van der Waals surface area contributed by atoms with Crippen LogP contribution in [0.4, 0.5) is 0 Å². The molecule has 0 amide bonds. The molecule has 0 fully saturated rings. The molecule has 0 heterocycles. The second kappa shape index (κ2) is 7.71. The van der Waals surface area contributed by atoms with E-state index in [9.17, 15) is 13.2 Å². The van der Waals surface area contributed by atoms with Gasteiger partial charge in [-0.05, 0) is 38.3 Å². The van der Waals surface area contributed by atoms with Gasteiger partial charge >= 0.3 is 0 Å². The average molecular weight is 312 g/mol. The van der Waals surface area contributed by atoms with Crippen LogP contribution in [0.2, 0.25) is 0 Å². The normalized spacial score (nSPS) is 11.6. The maximum atomic E-state index is 12.2. The molecule has 0 spiro atoms. The highest BCUT2D eigenvalue weighted by Crippen LogP contribution is 2.23. The molecule has 0 atom stereocenters. The van der Waals surface area contributed by atoms with Gasteiger partial charge in [-0.2, -0.15) is 8.42 Å². The molecule has 4 nitrogen and oxygen atoms in total. The van der Waals surface area contributed by atoms with Crippen molar-refractivity contribution in [3.63, 3.8) is 0 Å². The van der Waals surface area contributed by atoms with E-state index in [-0.39, 0.29) is 17.3 Å². The molecule has 0 aliphatic carbocycles. The first kappa shape index (κ1) is 17.9. The molecule has 0 radical (unpaired) electrons. The highest BCUT2D eigenvalue weighted by atomic mass is 32.2. The fraction of sp³-hybridized carbons (Fsp3) is 0.562. The molecule has 0 aromatic heterocycles. The Morgan fingerprint density at radius 2 is 1.67 bits per heavy atom. The summed E-state index contributed by atoms with van der Waals surface area (Å²) in [5.41, 5.74) is 2.29. The van der Waals surface area contributed by atoms with Crippen molar-refractivity contribution in [2.75, 3.05) is 6.61 Å². The number of ketones is 1. The van der Waals surface area contributed by atoms with Crippen LogP contribution in [0, 0.1) is 20.8 Å². The van der Waals surface area contributed by atoms with E-state index in [4.69, 9.17) is 4.18 Å². The Morgan fingerprint density at radius 3 is 2.19 bits per heavy atom. The largest absolute Gasteiger partial charge is 0.297 e. The van der Waals surface area contributed by atoms with Crippen molar-refractivity contribution in [1.82, 2.24) is 0 Å². The van der Waals surface area contributed by atoms with Crippen LogP contribution in [0.1, 0.15) is 49.3 Å². The van der Waals surface area contributed by atoms with Crippen molar-refractivity contribution >= 4 is 15.9 Å². The van der Waals surface area contributed by atoms with Crippen molar-refractivity contribution in [2.45, 2.75) is 58.3 Å². The smallest absolute Gasteiger partial charge is 0.297 e. The highest BCUT2D eigenvalue weighted by Gasteiger charge is 2.22. The zero-order valence-electron chi connectivity index (χ0n) is 13.2. The Kier molecular flexibility index (Phi) is 6.55. The van der Waals surface area contributed by atoms with Crippen LogP contribution in [0.5, 0.6) is 0 Å². The summed E-state index contributed by atoms with van der Waals surface area (Å²) in [6, 6.07) is 3.60. The highest BCUT2D eigenvalue weighted by molar-refractivity contribution is 7.86. The number of hydrogen-bond acceptors (Lipinski definition) is 4. The van der Waals surface area contributed by atoms with E-state index < -0.39 is 10.1 Å². The molecule has 0 aliphatic rings. The number of carbonyl (C=O) groups is 1. The summed E-state index contributed by atoms with van der Waals surface area (Å²) in [5, 5.41) is 0. The van der Waals surface area contributed by atoms with Gasteiger partial charge in [-0.15, -0.1) is 0 Å². The van der Waals surface area contributed by atoms with Gasteiger partial charge in [0.25, 0.3) is 10.1 Å². The van der Waals surface area contributed by atoms with Gasteiger partial charge in [-0.25, -0.2) is 0 Å². The Bertz CT molecular complexity index is 580. The van der Waals surface area contributed by atoms with Crippen molar-refractivity contribution in [1.29, 1.82) is 0 Å². The summed E-state index contributed by atoms with van der Waals surface area (Å²) in [6.07, 6.45) is 3.14.